The van der Waals surface area contributed by atoms with Gasteiger partial charge in [0, 0.05) is 29.4 Å². The third-order valence-electron chi connectivity index (χ3n) is 4.19. The van der Waals surface area contributed by atoms with Crippen molar-refractivity contribution in [3.8, 4) is 0 Å². The lowest BCUT2D eigenvalue weighted by Gasteiger charge is -2.22. The van der Waals surface area contributed by atoms with Gasteiger partial charge in [-0.3, -0.25) is 19.7 Å². The molecule has 0 saturated heterocycles. The lowest BCUT2D eigenvalue weighted by Crippen LogP contribution is -2.38. The van der Waals surface area contributed by atoms with Crippen molar-refractivity contribution in [3.05, 3.63) is 69.3 Å². The molecule has 0 saturated carbocycles. The topological polar surface area (TPSA) is 92.6 Å². The fourth-order valence-electron chi connectivity index (χ4n) is 2.72. The summed E-state index contributed by atoms with van der Waals surface area (Å²) < 4.78 is 0. The van der Waals surface area contributed by atoms with Gasteiger partial charge in [0.05, 0.1) is 4.92 Å². The van der Waals surface area contributed by atoms with Gasteiger partial charge in [-0.15, -0.1) is 0 Å². The Morgan fingerprint density at radius 1 is 1.11 bits per heavy atom. The van der Waals surface area contributed by atoms with Crippen molar-refractivity contribution in [2.24, 2.45) is 0 Å². The number of nitrogens with zero attached hydrogens (tertiary/aromatic N) is 2. The molecule has 7 nitrogen and oxygen atoms in total. The number of hydrogen-bond donors (Lipinski definition) is 1. The zero-order valence-corrected chi connectivity index (χ0v) is 15.7. The quantitative estimate of drug-likeness (QED) is 0.595. The molecule has 0 aliphatic heterocycles. The summed E-state index contributed by atoms with van der Waals surface area (Å²) in [4.78, 5) is 37.2. The van der Waals surface area contributed by atoms with Gasteiger partial charge in [-0.05, 0) is 38.0 Å². The predicted molar refractivity (Wildman–Crippen MR) is 104 cm³/mol. The lowest BCUT2D eigenvalue weighted by molar-refractivity contribution is -0.385. The summed E-state index contributed by atoms with van der Waals surface area (Å²) in [5.74, 6) is -0.715. The molecule has 0 atom stereocenters. The number of rotatable bonds is 7. The number of carbonyl (C=O) groups excluding carboxylic acids is 2. The molecule has 0 fully saturated rings. The van der Waals surface area contributed by atoms with Gasteiger partial charge in [0.1, 0.15) is 6.54 Å². The minimum Gasteiger partial charge on any atom is -0.329 e. The van der Waals surface area contributed by atoms with Crippen molar-refractivity contribution >= 4 is 23.2 Å². The normalized spacial score (nSPS) is 10.3. The highest BCUT2D eigenvalue weighted by Gasteiger charge is 2.21. The third-order valence-corrected chi connectivity index (χ3v) is 4.19. The van der Waals surface area contributed by atoms with Crippen LogP contribution in [0.2, 0.25) is 0 Å². The molecule has 7 heteroatoms. The molecular formula is C20H23N3O4. The van der Waals surface area contributed by atoms with Crippen LogP contribution in [0, 0.1) is 24.0 Å². The first-order valence-corrected chi connectivity index (χ1v) is 8.73. The van der Waals surface area contributed by atoms with Crippen LogP contribution in [-0.2, 0) is 4.79 Å². The average Bonchev–Trinajstić information content (AvgIpc) is 2.63. The van der Waals surface area contributed by atoms with Gasteiger partial charge in [-0.1, -0.05) is 31.2 Å². The highest BCUT2D eigenvalue weighted by molar-refractivity contribution is 6.00. The second kappa shape index (κ2) is 8.93. The summed E-state index contributed by atoms with van der Waals surface area (Å²) in [6.07, 6.45) is 0.664. The van der Waals surface area contributed by atoms with Crippen LogP contribution in [0.4, 0.5) is 11.4 Å². The van der Waals surface area contributed by atoms with E-state index < -0.39 is 10.8 Å². The number of carbonyl (C=O) groups is 2. The van der Waals surface area contributed by atoms with E-state index in [4.69, 9.17) is 0 Å². The molecule has 0 radical (unpaired) electrons. The fraction of sp³-hybridized carbons (Fsp3) is 0.300. The van der Waals surface area contributed by atoms with Gasteiger partial charge < -0.3 is 10.2 Å². The second-order valence-corrected chi connectivity index (χ2v) is 6.35. The Hall–Kier alpha value is -3.22. The lowest BCUT2D eigenvalue weighted by atomic mass is 10.1. The van der Waals surface area contributed by atoms with E-state index in [2.05, 4.69) is 5.32 Å². The average molecular weight is 369 g/mol. The Labute approximate surface area is 158 Å². The molecule has 142 valence electrons. The molecule has 0 heterocycles. The Balaban J connectivity index is 2.17. The summed E-state index contributed by atoms with van der Waals surface area (Å²) in [7, 11) is 0. The molecule has 2 rings (SSSR count). The number of hydrogen-bond acceptors (Lipinski definition) is 4. The molecule has 0 aromatic heterocycles. The van der Waals surface area contributed by atoms with E-state index in [1.54, 1.807) is 25.1 Å². The Kier molecular flexibility index (Phi) is 6.65. The van der Waals surface area contributed by atoms with E-state index in [-0.39, 0.29) is 23.7 Å². The highest BCUT2D eigenvalue weighted by Crippen LogP contribution is 2.20. The number of benzene rings is 2. The maximum Gasteiger partial charge on any atom is 0.273 e. The summed E-state index contributed by atoms with van der Waals surface area (Å²) >= 11 is 0. The molecular weight excluding hydrogens is 346 g/mol. The largest absolute Gasteiger partial charge is 0.329 e. The van der Waals surface area contributed by atoms with Crippen LogP contribution in [0.25, 0.3) is 0 Å². The van der Waals surface area contributed by atoms with E-state index in [0.29, 0.717) is 24.2 Å². The second-order valence-electron chi connectivity index (χ2n) is 6.35. The molecule has 0 unspecified atom stereocenters. The van der Waals surface area contributed by atoms with Crippen LogP contribution in [0.1, 0.15) is 34.8 Å². The first kappa shape index (κ1) is 20.1. The molecule has 1 N–H and O–H groups in total. The van der Waals surface area contributed by atoms with E-state index >= 15 is 0 Å². The smallest absolute Gasteiger partial charge is 0.273 e. The van der Waals surface area contributed by atoms with Crippen LogP contribution >= 0.6 is 0 Å². The Bertz CT molecular complexity index is 864. The number of amides is 2. The number of nitro groups is 1. The molecule has 2 aromatic carbocycles. The van der Waals surface area contributed by atoms with E-state index in [1.807, 2.05) is 32.0 Å². The number of para-hydroxylation sites is 1. The van der Waals surface area contributed by atoms with Crippen molar-refractivity contribution in [3.63, 3.8) is 0 Å². The van der Waals surface area contributed by atoms with E-state index in [9.17, 15) is 19.7 Å². The van der Waals surface area contributed by atoms with Gasteiger partial charge in [-0.2, -0.15) is 0 Å². The van der Waals surface area contributed by atoms with Crippen LogP contribution in [0.5, 0.6) is 0 Å². The molecule has 27 heavy (non-hydrogen) atoms. The first-order valence-electron chi connectivity index (χ1n) is 8.73. The highest BCUT2D eigenvalue weighted by atomic mass is 16.6. The van der Waals surface area contributed by atoms with Crippen molar-refractivity contribution in [2.75, 3.05) is 18.4 Å². The Morgan fingerprint density at radius 2 is 1.81 bits per heavy atom. The maximum absolute atomic E-state index is 12.8. The van der Waals surface area contributed by atoms with Gasteiger partial charge in [0.2, 0.25) is 5.91 Å². The molecule has 0 aliphatic rings. The van der Waals surface area contributed by atoms with Crippen molar-refractivity contribution in [2.45, 2.75) is 27.2 Å². The van der Waals surface area contributed by atoms with E-state index in [0.717, 1.165) is 5.56 Å². The minimum atomic E-state index is -0.513. The van der Waals surface area contributed by atoms with Gasteiger partial charge in [-0.25, -0.2) is 0 Å². The van der Waals surface area contributed by atoms with Crippen molar-refractivity contribution in [1.82, 2.24) is 4.90 Å². The Morgan fingerprint density at radius 3 is 2.44 bits per heavy atom. The van der Waals surface area contributed by atoms with Gasteiger partial charge in [0.25, 0.3) is 11.6 Å². The van der Waals surface area contributed by atoms with E-state index in [1.165, 1.54) is 11.0 Å². The molecule has 0 aliphatic carbocycles. The molecule has 2 amide bonds. The SMILES string of the molecule is CCCN(CC(=O)Nc1ccccc1C)C(=O)c1ccc(C)c([N+](=O)[O-])c1. The number of nitrogens with one attached hydrogen (secondary N) is 1. The summed E-state index contributed by atoms with van der Waals surface area (Å²) in [5, 5.41) is 13.9. The van der Waals surface area contributed by atoms with Gasteiger partial charge in [0.15, 0.2) is 0 Å². The first-order chi connectivity index (χ1) is 12.8. The zero-order chi connectivity index (χ0) is 20.0. The zero-order valence-electron chi connectivity index (χ0n) is 15.7. The van der Waals surface area contributed by atoms with Crippen LogP contribution in [0.15, 0.2) is 42.5 Å². The molecule has 0 spiro atoms. The van der Waals surface area contributed by atoms with Crippen LogP contribution in [-0.4, -0.2) is 34.7 Å². The number of nitro benzene ring substituents is 1. The monoisotopic (exact) mass is 369 g/mol. The third kappa shape index (κ3) is 5.13. The van der Waals surface area contributed by atoms with Crippen molar-refractivity contribution < 1.29 is 14.5 Å². The predicted octanol–water partition coefficient (Wildman–Crippen LogP) is 3.70. The molecule has 2 aromatic rings. The molecule has 0 bridgehead atoms. The van der Waals surface area contributed by atoms with Gasteiger partial charge >= 0.3 is 0 Å². The standard InChI is InChI=1S/C20H23N3O4/c1-4-11-22(13-19(24)21-17-8-6-5-7-14(17)2)20(25)16-10-9-15(3)18(12-16)23(26)27/h5-10,12H,4,11,13H2,1-3H3,(H,21,24). The number of aryl methyl sites for hydroxylation is 2. The number of anilines is 1. The summed E-state index contributed by atoms with van der Waals surface area (Å²) in [5.41, 5.74) is 2.19. The summed E-state index contributed by atoms with van der Waals surface area (Å²) in [6.45, 7) is 5.66. The maximum atomic E-state index is 12.8. The minimum absolute atomic E-state index is 0.110. The summed E-state index contributed by atoms with van der Waals surface area (Å²) in [6, 6.07) is 11.7. The fourth-order valence-corrected chi connectivity index (χ4v) is 2.72. The van der Waals surface area contributed by atoms with Crippen LogP contribution in [0.3, 0.4) is 0 Å². The van der Waals surface area contributed by atoms with Crippen molar-refractivity contribution in [1.29, 1.82) is 0 Å². The van der Waals surface area contributed by atoms with Crippen LogP contribution < -0.4 is 5.32 Å².